The van der Waals surface area contributed by atoms with Crippen molar-refractivity contribution >= 4 is 40.6 Å². The van der Waals surface area contributed by atoms with Crippen LogP contribution in [-0.2, 0) is 0 Å². The molecule has 0 saturated carbocycles. The SMILES string of the molecule is Cl.[2H]C([2H])([2H])Oc1cc2nccc(Oc3ccc(N)c(Cl)c3)c2cc1C#N. The molecule has 122 valence electrons. The molecule has 0 saturated heterocycles. The lowest BCUT2D eigenvalue weighted by Gasteiger charge is -2.11. The van der Waals surface area contributed by atoms with Crippen LogP contribution in [0.1, 0.15) is 9.68 Å². The van der Waals surface area contributed by atoms with Gasteiger partial charge in [0.05, 0.1) is 32.9 Å². The Bertz CT molecular complexity index is 1040. The van der Waals surface area contributed by atoms with E-state index in [9.17, 15) is 5.26 Å². The number of rotatable bonds is 3. The summed E-state index contributed by atoms with van der Waals surface area (Å²) in [5.74, 6) is 0.811. The molecule has 0 unspecified atom stereocenters. The second-order valence-electron chi connectivity index (χ2n) is 4.67. The number of ether oxygens (including phenoxy) is 2. The monoisotopic (exact) mass is 364 g/mol. The third-order valence-electron chi connectivity index (χ3n) is 3.23. The fourth-order valence-corrected chi connectivity index (χ4v) is 2.28. The van der Waals surface area contributed by atoms with Crippen LogP contribution in [0.2, 0.25) is 5.02 Å². The zero-order valence-electron chi connectivity index (χ0n) is 15.1. The van der Waals surface area contributed by atoms with E-state index in [1.54, 1.807) is 24.3 Å². The summed E-state index contributed by atoms with van der Waals surface area (Å²) in [6, 6.07) is 11.2. The van der Waals surface area contributed by atoms with Crippen molar-refractivity contribution in [3.05, 3.63) is 53.2 Å². The molecule has 3 aromatic rings. The molecule has 24 heavy (non-hydrogen) atoms. The van der Waals surface area contributed by atoms with Gasteiger partial charge in [-0.3, -0.25) is 4.98 Å². The van der Waals surface area contributed by atoms with Crippen molar-refractivity contribution in [1.82, 2.24) is 4.98 Å². The predicted octanol–water partition coefficient (Wildman–Crippen LogP) is 4.56. The van der Waals surface area contributed by atoms with Crippen molar-refractivity contribution < 1.29 is 13.6 Å². The average molecular weight is 365 g/mol. The van der Waals surface area contributed by atoms with Gasteiger partial charge in [-0.25, -0.2) is 0 Å². The van der Waals surface area contributed by atoms with E-state index in [4.69, 9.17) is 30.9 Å². The summed E-state index contributed by atoms with van der Waals surface area (Å²) in [7, 11) is -2.67. The molecule has 0 fully saturated rings. The van der Waals surface area contributed by atoms with E-state index in [-0.39, 0.29) is 23.7 Å². The van der Waals surface area contributed by atoms with Gasteiger partial charge < -0.3 is 15.2 Å². The van der Waals surface area contributed by atoms with E-state index in [0.29, 0.717) is 33.1 Å². The maximum atomic E-state index is 9.32. The number of nitriles is 1. The minimum absolute atomic E-state index is 0. The maximum absolute atomic E-state index is 9.32. The summed E-state index contributed by atoms with van der Waals surface area (Å²) in [4.78, 5) is 4.18. The van der Waals surface area contributed by atoms with Crippen LogP contribution in [-0.4, -0.2) is 12.0 Å². The van der Waals surface area contributed by atoms with Crippen LogP contribution in [0.5, 0.6) is 17.2 Å². The summed E-state index contributed by atoms with van der Waals surface area (Å²) < 4.78 is 32.3. The quantitative estimate of drug-likeness (QED) is 0.688. The Morgan fingerprint density at radius 1 is 1.25 bits per heavy atom. The van der Waals surface area contributed by atoms with E-state index in [1.165, 1.54) is 18.3 Å². The third-order valence-corrected chi connectivity index (χ3v) is 3.56. The first kappa shape index (κ1) is 13.7. The predicted molar refractivity (Wildman–Crippen MR) is 96.2 cm³/mol. The number of pyridine rings is 1. The van der Waals surface area contributed by atoms with Gasteiger partial charge in [-0.1, -0.05) is 11.6 Å². The molecule has 5 nitrogen and oxygen atoms in total. The number of methoxy groups -OCH3 is 1. The first-order valence-corrected chi connectivity index (χ1v) is 6.89. The number of benzene rings is 2. The molecule has 2 aromatic carbocycles. The van der Waals surface area contributed by atoms with Crippen molar-refractivity contribution in [2.45, 2.75) is 0 Å². The molecule has 0 atom stereocenters. The first-order valence-electron chi connectivity index (χ1n) is 8.01. The standard InChI is InChI=1S/C17H12ClN3O2.ClH/c1-22-17-8-15-12(6-10(17)9-19)16(4-5-21-15)23-11-2-3-14(20)13(18)7-11;/h2-8H,20H2,1H3;1H/i1D3;. The highest BCUT2D eigenvalue weighted by Crippen LogP contribution is 2.34. The Hall–Kier alpha value is -2.68. The summed E-state index contributed by atoms with van der Waals surface area (Å²) in [5.41, 5.74) is 6.59. The number of hydrogen-bond acceptors (Lipinski definition) is 5. The third kappa shape index (κ3) is 3.30. The van der Waals surface area contributed by atoms with Gasteiger partial charge in [0, 0.05) is 23.7 Å². The van der Waals surface area contributed by atoms with E-state index >= 15 is 0 Å². The highest BCUT2D eigenvalue weighted by Gasteiger charge is 2.11. The minimum Gasteiger partial charge on any atom is -0.495 e. The number of nitrogens with zero attached hydrogens (tertiary/aromatic N) is 2. The smallest absolute Gasteiger partial charge is 0.138 e. The number of fused-ring (bicyclic) bond motifs is 1. The van der Waals surface area contributed by atoms with Crippen LogP contribution >= 0.6 is 24.0 Å². The molecule has 7 heteroatoms. The highest BCUT2D eigenvalue weighted by molar-refractivity contribution is 6.33. The largest absolute Gasteiger partial charge is 0.495 e. The second-order valence-corrected chi connectivity index (χ2v) is 5.08. The van der Waals surface area contributed by atoms with E-state index in [0.717, 1.165) is 0 Å². The molecule has 1 aromatic heterocycles. The zero-order chi connectivity index (χ0) is 18.9. The van der Waals surface area contributed by atoms with Crippen LogP contribution in [0.3, 0.4) is 0 Å². The fraction of sp³-hybridized carbons (Fsp3) is 0.0588. The normalized spacial score (nSPS) is 12.2. The van der Waals surface area contributed by atoms with Gasteiger partial charge in [-0.05, 0) is 24.3 Å². The fourth-order valence-electron chi connectivity index (χ4n) is 2.11. The Balaban J connectivity index is 0.00000261. The molecule has 0 aliphatic rings. The van der Waals surface area contributed by atoms with E-state index in [1.807, 2.05) is 6.07 Å². The van der Waals surface area contributed by atoms with Crippen molar-refractivity contribution in [3.63, 3.8) is 0 Å². The van der Waals surface area contributed by atoms with Crippen molar-refractivity contribution in [3.8, 4) is 23.3 Å². The van der Waals surface area contributed by atoms with Gasteiger partial charge in [0.25, 0.3) is 0 Å². The van der Waals surface area contributed by atoms with Crippen LogP contribution in [0.25, 0.3) is 10.9 Å². The van der Waals surface area contributed by atoms with Gasteiger partial charge in [0.15, 0.2) is 0 Å². The lowest BCUT2D eigenvalue weighted by molar-refractivity contribution is 0.414. The van der Waals surface area contributed by atoms with Crippen molar-refractivity contribution in [2.75, 3.05) is 12.8 Å². The van der Waals surface area contributed by atoms with Crippen molar-refractivity contribution in [1.29, 1.82) is 5.26 Å². The first-order chi connectivity index (χ1) is 12.3. The number of nitrogens with two attached hydrogens (primary N) is 1. The summed E-state index contributed by atoms with van der Waals surface area (Å²) in [6.07, 6.45) is 1.50. The molecule has 0 aliphatic carbocycles. The van der Waals surface area contributed by atoms with Gasteiger partial charge in [-0.2, -0.15) is 5.26 Å². The number of nitrogen functional groups attached to an aromatic ring is 1. The van der Waals surface area contributed by atoms with Crippen LogP contribution in [0, 0.1) is 11.3 Å². The van der Waals surface area contributed by atoms with Gasteiger partial charge in [0.1, 0.15) is 23.3 Å². The Kier molecular flexibility index (Phi) is 4.15. The number of hydrogen-bond donors (Lipinski definition) is 1. The van der Waals surface area contributed by atoms with Gasteiger partial charge in [-0.15, -0.1) is 12.4 Å². The molecule has 0 spiro atoms. The van der Waals surface area contributed by atoms with Gasteiger partial charge in [0.2, 0.25) is 0 Å². The Labute approximate surface area is 154 Å². The van der Waals surface area contributed by atoms with Crippen LogP contribution in [0.4, 0.5) is 5.69 Å². The molecule has 0 bridgehead atoms. The summed E-state index contributed by atoms with van der Waals surface area (Å²) in [6.45, 7) is 0. The van der Waals surface area contributed by atoms with Crippen molar-refractivity contribution in [2.24, 2.45) is 0 Å². The zero-order valence-corrected chi connectivity index (χ0v) is 13.7. The lowest BCUT2D eigenvalue weighted by Crippen LogP contribution is -1.93. The molecular formula is C17H13Cl2N3O2. The molecule has 0 radical (unpaired) electrons. The second kappa shape index (κ2) is 7.26. The molecule has 1 heterocycles. The molecule has 2 N–H and O–H groups in total. The Morgan fingerprint density at radius 2 is 2.08 bits per heavy atom. The lowest BCUT2D eigenvalue weighted by atomic mass is 10.1. The molecule has 3 rings (SSSR count). The maximum Gasteiger partial charge on any atom is 0.138 e. The average Bonchev–Trinajstić information content (AvgIpc) is 2.56. The highest BCUT2D eigenvalue weighted by atomic mass is 35.5. The minimum atomic E-state index is -2.67. The summed E-state index contributed by atoms with van der Waals surface area (Å²) >= 11 is 6.00. The summed E-state index contributed by atoms with van der Waals surface area (Å²) in [5, 5.41) is 10.2. The number of aromatic nitrogens is 1. The number of halogens is 2. The topological polar surface area (TPSA) is 81.2 Å². The van der Waals surface area contributed by atoms with Crippen LogP contribution in [0.15, 0.2) is 42.6 Å². The molecular weight excluding hydrogens is 349 g/mol. The van der Waals surface area contributed by atoms with E-state index < -0.39 is 7.04 Å². The molecule has 0 aliphatic heterocycles. The molecule has 0 amide bonds. The van der Waals surface area contributed by atoms with Crippen LogP contribution < -0.4 is 15.2 Å². The van der Waals surface area contributed by atoms with E-state index in [2.05, 4.69) is 4.98 Å². The number of anilines is 1. The van der Waals surface area contributed by atoms with Gasteiger partial charge >= 0.3 is 0 Å². The Morgan fingerprint density at radius 3 is 2.79 bits per heavy atom.